The second-order valence-corrected chi connectivity index (χ2v) is 5.31. The molecule has 0 aliphatic carbocycles. The van der Waals surface area contributed by atoms with E-state index in [-0.39, 0.29) is 0 Å². The van der Waals surface area contributed by atoms with Crippen molar-refractivity contribution in [1.29, 1.82) is 0 Å². The molecule has 20 heavy (non-hydrogen) atoms. The van der Waals surface area contributed by atoms with Crippen molar-refractivity contribution in [2.45, 2.75) is 19.9 Å². The lowest BCUT2D eigenvalue weighted by Crippen LogP contribution is -2.13. The predicted octanol–water partition coefficient (Wildman–Crippen LogP) is 2.72. The maximum Gasteiger partial charge on any atom is 0.161 e. The summed E-state index contributed by atoms with van der Waals surface area (Å²) in [5, 5.41) is 13.6. The molecule has 108 valence electrons. The van der Waals surface area contributed by atoms with Gasteiger partial charge in [-0.05, 0) is 31.2 Å². The van der Waals surface area contributed by atoms with E-state index >= 15 is 0 Å². The second kappa shape index (κ2) is 7.21. The maximum atomic E-state index is 5.30. The van der Waals surface area contributed by atoms with Gasteiger partial charge in [0.05, 0.1) is 14.2 Å². The first-order valence-corrected chi connectivity index (χ1v) is 7.35. The normalized spacial score (nSPS) is 10.6. The molecule has 6 heteroatoms. The Bertz CT molecular complexity index is 557. The van der Waals surface area contributed by atoms with Gasteiger partial charge >= 0.3 is 0 Å². The molecule has 0 amide bonds. The third kappa shape index (κ3) is 3.46. The summed E-state index contributed by atoms with van der Waals surface area (Å²) in [4.78, 5) is 0. The summed E-state index contributed by atoms with van der Waals surface area (Å²) in [7, 11) is 3.25. The fourth-order valence-corrected chi connectivity index (χ4v) is 2.59. The minimum absolute atomic E-state index is 0.700. The number of nitrogens with zero attached hydrogens (tertiary/aromatic N) is 2. The molecular formula is C14H19N3O2S. The number of aromatic nitrogens is 2. The Hall–Kier alpha value is -1.66. The average Bonchev–Trinajstić information content (AvgIpc) is 2.95. The summed E-state index contributed by atoms with van der Waals surface area (Å²) in [5.74, 6) is 1.41. The van der Waals surface area contributed by atoms with Gasteiger partial charge in [-0.3, -0.25) is 0 Å². The average molecular weight is 293 g/mol. The second-order valence-electron chi connectivity index (χ2n) is 4.25. The molecule has 0 saturated heterocycles. The van der Waals surface area contributed by atoms with Gasteiger partial charge < -0.3 is 14.8 Å². The summed E-state index contributed by atoms with van der Waals surface area (Å²) in [5.41, 5.74) is 0.988. The summed E-state index contributed by atoms with van der Waals surface area (Å²) in [6.07, 6.45) is 1.11. The molecule has 2 aromatic rings. The zero-order valence-electron chi connectivity index (χ0n) is 12.0. The Morgan fingerprint density at radius 1 is 1.15 bits per heavy atom. The van der Waals surface area contributed by atoms with E-state index in [4.69, 9.17) is 9.47 Å². The van der Waals surface area contributed by atoms with Gasteiger partial charge in [0.15, 0.2) is 11.5 Å². The lowest BCUT2D eigenvalue weighted by Gasteiger charge is -2.07. The number of hydrogen-bond donors (Lipinski definition) is 1. The van der Waals surface area contributed by atoms with E-state index in [0.29, 0.717) is 11.5 Å². The highest BCUT2D eigenvalue weighted by Crippen LogP contribution is 2.33. The molecule has 0 aliphatic heterocycles. The van der Waals surface area contributed by atoms with Crippen molar-refractivity contribution in [3.05, 3.63) is 23.2 Å². The molecule has 0 atom stereocenters. The molecule has 5 nitrogen and oxygen atoms in total. The standard InChI is InChI=1S/C14H19N3O2S/c1-4-7-15-9-13-16-17-14(20-13)10-5-6-11(18-2)12(8-10)19-3/h5-6,8,15H,4,7,9H2,1-3H3. The smallest absolute Gasteiger partial charge is 0.161 e. The van der Waals surface area contributed by atoms with Gasteiger partial charge in [0.1, 0.15) is 10.0 Å². The van der Waals surface area contributed by atoms with Gasteiger partial charge in [0.25, 0.3) is 0 Å². The number of nitrogens with one attached hydrogen (secondary N) is 1. The minimum Gasteiger partial charge on any atom is -0.493 e. The SMILES string of the molecule is CCCNCc1nnc(-c2ccc(OC)c(OC)c2)s1. The lowest BCUT2D eigenvalue weighted by atomic mass is 10.2. The van der Waals surface area contributed by atoms with Gasteiger partial charge in [-0.15, -0.1) is 10.2 Å². The Morgan fingerprint density at radius 3 is 2.65 bits per heavy atom. The predicted molar refractivity (Wildman–Crippen MR) is 80.4 cm³/mol. The van der Waals surface area contributed by atoms with Crippen molar-refractivity contribution < 1.29 is 9.47 Å². The fourth-order valence-electron chi connectivity index (χ4n) is 1.78. The van der Waals surface area contributed by atoms with Crippen molar-refractivity contribution in [2.24, 2.45) is 0 Å². The first-order chi connectivity index (χ1) is 9.78. The van der Waals surface area contributed by atoms with Crippen molar-refractivity contribution in [1.82, 2.24) is 15.5 Å². The summed E-state index contributed by atoms with van der Waals surface area (Å²) in [6.45, 7) is 3.90. The van der Waals surface area contributed by atoms with Crippen LogP contribution in [0.15, 0.2) is 18.2 Å². The molecule has 1 heterocycles. The van der Waals surface area contributed by atoms with Crippen LogP contribution in [0.4, 0.5) is 0 Å². The number of hydrogen-bond acceptors (Lipinski definition) is 6. The molecule has 1 N–H and O–H groups in total. The largest absolute Gasteiger partial charge is 0.493 e. The van der Waals surface area contributed by atoms with Crippen molar-refractivity contribution >= 4 is 11.3 Å². The summed E-state index contributed by atoms with van der Waals surface area (Å²) >= 11 is 1.59. The molecule has 0 spiro atoms. The third-order valence-electron chi connectivity index (χ3n) is 2.80. The molecule has 0 saturated carbocycles. The van der Waals surface area contributed by atoms with Crippen LogP contribution in [-0.4, -0.2) is 31.0 Å². The maximum absolute atomic E-state index is 5.30. The first kappa shape index (κ1) is 14.7. The van der Waals surface area contributed by atoms with E-state index < -0.39 is 0 Å². The van der Waals surface area contributed by atoms with Crippen LogP contribution >= 0.6 is 11.3 Å². The van der Waals surface area contributed by atoms with Crippen molar-refractivity contribution in [2.75, 3.05) is 20.8 Å². The molecule has 2 rings (SSSR count). The van der Waals surface area contributed by atoms with Gasteiger partial charge in [-0.2, -0.15) is 0 Å². The quantitative estimate of drug-likeness (QED) is 0.795. The minimum atomic E-state index is 0.700. The van der Waals surface area contributed by atoms with Gasteiger partial charge in [0, 0.05) is 12.1 Å². The van der Waals surface area contributed by atoms with E-state index in [1.165, 1.54) is 0 Å². The van der Waals surface area contributed by atoms with Crippen LogP contribution < -0.4 is 14.8 Å². The van der Waals surface area contributed by atoms with Crippen LogP contribution in [0.1, 0.15) is 18.4 Å². The van der Waals surface area contributed by atoms with Crippen LogP contribution in [0.2, 0.25) is 0 Å². The Labute approximate surface area is 123 Å². The molecule has 0 bridgehead atoms. The van der Waals surface area contributed by atoms with E-state index in [1.807, 2.05) is 18.2 Å². The highest BCUT2D eigenvalue weighted by molar-refractivity contribution is 7.14. The van der Waals surface area contributed by atoms with Crippen LogP contribution in [0.3, 0.4) is 0 Å². The van der Waals surface area contributed by atoms with Gasteiger partial charge in [-0.1, -0.05) is 18.3 Å². The Morgan fingerprint density at radius 2 is 1.95 bits per heavy atom. The Balaban J connectivity index is 2.15. The van der Waals surface area contributed by atoms with Crippen LogP contribution in [0, 0.1) is 0 Å². The highest BCUT2D eigenvalue weighted by Gasteiger charge is 2.10. The zero-order chi connectivity index (χ0) is 14.4. The zero-order valence-corrected chi connectivity index (χ0v) is 12.8. The van der Waals surface area contributed by atoms with Crippen LogP contribution in [0.25, 0.3) is 10.6 Å². The molecule has 0 fully saturated rings. The first-order valence-electron chi connectivity index (χ1n) is 6.54. The van der Waals surface area contributed by atoms with E-state index in [0.717, 1.165) is 35.1 Å². The number of methoxy groups -OCH3 is 2. The number of benzene rings is 1. The summed E-state index contributed by atoms with van der Waals surface area (Å²) < 4.78 is 10.5. The van der Waals surface area contributed by atoms with Gasteiger partial charge in [0.2, 0.25) is 0 Å². The monoisotopic (exact) mass is 293 g/mol. The molecule has 1 aromatic heterocycles. The molecule has 0 radical (unpaired) electrons. The number of ether oxygens (including phenoxy) is 2. The van der Waals surface area contributed by atoms with Crippen molar-refractivity contribution in [3.63, 3.8) is 0 Å². The van der Waals surface area contributed by atoms with Crippen molar-refractivity contribution in [3.8, 4) is 22.1 Å². The molecular weight excluding hydrogens is 274 g/mol. The van der Waals surface area contributed by atoms with Crippen LogP contribution in [-0.2, 0) is 6.54 Å². The Kier molecular flexibility index (Phi) is 5.31. The number of rotatable bonds is 7. The molecule has 1 aromatic carbocycles. The topological polar surface area (TPSA) is 56.3 Å². The fraction of sp³-hybridized carbons (Fsp3) is 0.429. The van der Waals surface area contributed by atoms with Crippen LogP contribution in [0.5, 0.6) is 11.5 Å². The molecule has 0 unspecified atom stereocenters. The molecule has 0 aliphatic rings. The van der Waals surface area contributed by atoms with E-state index in [2.05, 4.69) is 22.4 Å². The van der Waals surface area contributed by atoms with Gasteiger partial charge in [-0.25, -0.2) is 0 Å². The lowest BCUT2D eigenvalue weighted by molar-refractivity contribution is 0.355. The van der Waals surface area contributed by atoms with E-state index in [1.54, 1.807) is 25.6 Å². The summed E-state index contributed by atoms with van der Waals surface area (Å²) in [6, 6.07) is 5.76. The highest BCUT2D eigenvalue weighted by atomic mass is 32.1. The van der Waals surface area contributed by atoms with E-state index in [9.17, 15) is 0 Å². The third-order valence-corrected chi connectivity index (χ3v) is 3.77.